The van der Waals surface area contributed by atoms with E-state index in [1.165, 1.54) is 0 Å². The number of methoxy groups -OCH3 is 1. The zero-order chi connectivity index (χ0) is 14.9. The molecule has 0 N–H and O–H groups in total. The highest BCUT2D eigenvalue weighted by molar-refractivity contribution is 5.78. The minimum Gasteiger partial charge on any atom is -0.384 e. The van der Waals surface area contributed by atoms with Crippen molar-refractivity contribution < 1.29 is 9.53 Å². The minimum atomic E-state index is 0.143. The van der Waals surface area contributed by atoms with Crippen molar-refractivity contribution in [2.75, 3.05) is 20.3 Å². The summed E-state index contributed by atoms with van der Waals surface area (Å²) in [6.45, 7) is 4.51. The summed E-state index contributed by atoms with van der Waals surface area (Å²) in [5.41, 5.74) is 0.143. The molecule has 1 amide bonds. The Bertz CT molecular complexity index is 507. The lowest BCUT2D eigenvalue weighted by Crippen LogP contribution is -2.39. The third kappa shape index (κ3) is 3.12. The Morgan fingerprint density at radius 1 is 1.52 bits per heavy atom. The van der Waals surface area contributed by atoms with Gasteiger partial charge >= 0.3 is 0 Å². The molecule has 2 heterocycles. The van der Waals surface area contributed by atoms with Crippen LogP contribution in [0.2, 0.25) is 0 Å². The predicted octanol–water partition coefficient (Wildman–Crippen LogP) is 2.00. The quantitative estimate of drug-likeness (QED) is 0.805. The first-order valence-corrected chi connectivity index (χ1v) is 7.90. The highest BCUT2D eigenvalue weighted by Crippen LogP contribution is 2.49. The van der Waals surface area contributed by atoms with E-state index in [2.05, 4.69) is 14.5 Å². The molecule has 116 valence electrons. The largest absolute Gasteiger partial charge is 0.384 e. The second-order valence-electron chi connectivity index (χ2n) is 6.62. The summed E-state index contributed by atoms with van der Waals surface area (Å²) in [4.78, 5) is 19.0. The average Bonchev–Trinajstić information content (AvgIpc) is 2.87. The summed E-state index contributed by atoms with van der Waals surface area (Å²) in [5.74, 6) is 1.33. The van der Waals surface area contributed by atoms with E-state index in [-0.39, 0.29) is 5.41 Å². The van der Waals surface area contributed by atoms with Gasteiger partial charge in [-0.2, -0.15) is 0 Å². The van der Waals surface area contributed by atoms with Gasteiger partial charge in [-0.05, 0) is 32.6 Å². The van der Waals surface area contributed by atoms with E-state index < -0.39 is 0 Å². The maximum atomic E-state index is 12.6. The van der Waals surface area contributed by atoms with Gasteiger partial charge in [-0.1, -0.05) is 0 Å². The number of likely N-dealkylation sites (tertiary alicyclic amines) is 1. The first-order chi connectivity index (χ1) is 10.1. The molecule has 1 aliphatic heterocycles. The summed E-state index contributed by atoms with van der Waals surface area (Å²) in [6.07, 6.45) is 8.96. The van der Waals surface area contributed by atoms with Crippen molar-refractivity contribution in [3.8, 4) is 0 Å². The van der Waals surface area contributed by atoms with E-state index >= 15 is 0 Å². The van der Waals surface area contributed by atoms with Crippen molar-refractivity contribution in [1.29, 1.82) is 0 Å². The molecule has 1 atom stereocenters. The summed E-state index contributed by atoms with van der Waals surface area (Å²) in [7, 11) is 1.73. The molecule has 1 saturated heterocycles. The van der Waals surface area contributed by atoms with E-state index in [4.69, 9.17) is 4.74 Å². The van der Waals surface area contributed by atoms with Crippen LogP contribution in [0.1, 0.15) is 37.9 Å². The standard InChI is InChI=1S/C16H25N3O2/c1-13-17-7-9-18(13)11-14-4-3-8-19(14)15(20)10-16(5-6-16)12-21-2/h7,9,14H,3-6,8,10-12H2,1-2H3. The van der Waals surface area contributed by atoms with Gasteiger partial charge in [-0.3, -0.25) is 4.79 Å². The first-order valence-electron chi connectivity index (χ1n) is 7.90. The molecular weight excluding hydrogens is 266 g/mol. The zero-order valence-electron chi connectivity index (χ0n) is 13.0. The Morgan fingerprint density at radius 3 is 2.95 bits per heavy atom. The van der Waals surface area contributed by atoms with Gasteiger partial charge in [0, 0.05) is 50.5 Å². The Morgan fingerprint density at radius 2 is 2.33 bits per heavy atom. The van der Waals surface area contributed by atoms with Crippen LogP contribution in [0.5, 0.6) is 0 Å². The van der Waals surface area contributed by atoms with Gasteiger partial charge in [0.2, 0.25) is 5.91 Å². The lowest BCUT2D eigenvalue weighted by molar-refractivity contribution is -0.134. The number of hydrogen-bond donors (Lipinski definition) is 0. The second kappa shape index (κ2) is 5.79. The molecule has 1 saturated carbocycles. The predicted molar refractivity (Wildman–Crippen MR) is 79.9 cm³/mol. The fourth-order valence-electron chi connectivity index (χ4n) is 3.46. The van der Waals surface area contributed by atoms with Crippen LogP contribution in [-0.4, -0.2) is 46.7 Å². The zero-order valence-corrected chi connectivity index (χ0v) is 13.0. The van der Waals surface area contributed by atoms with Crippen molar-refractivity contribution in [3.63, 3.8) is 0 Å². The van der Waals surface area contributed by atoms with Gasteiger partial charge in [0.25, 0.3) is 0 Å². The molecule has 5 heteroatoms. The molecule has 2 aliphatic rings. The molecule has 1 aromatic rings. The van der Waals surface area contributed by atoms with Crippen LogP contribution in [0.15, 0.2) is 12.4 Å². The van der Waals surface area contributed by atoms with Crippen LogP contribution in [0, 0.1) is 12.3 Å². The third-order valence-corrected chi connectivity index (χ3v) is 4.96. The smallest absolute Gasteiger partial charge is 0.223 e. The molecule has 0 bridgehead atoms. The molecule has 0 radical (unpaired) electrons. The van der Waals surface area contributed by atoms with Gasteiger partial charge in [-0.15, -0.1) is 0 Å². The van der Waals surface area contributed by atoms with Gasteiger partial charge in [-0.25, -0.2) is 4.98 Å². The van der Waals surface area contributed by atoms with Crippen molar-refractivity contribution in [1.82, 2.24) is 14.5 Å². The Hall–Kier alpha value is -1.36. The summed E-state index contributed by atoms with van der Waals surface area (Å²) in [5, 5.41) is 0. The van der Waals surface area contributed by atoms with Gasteiger partial charge < -0.3 is 14.2 Å². The van der Waals surface area contributed by atoms with Crippen molar-refractivity contribution in [3.05, 3.63) is 18.2 Å². The number of aryl methyl sites for hydroxylation is 1. The van der Waals surface area contributed by atoms with E-state index in [9.17, 15) is 4.79 Å². The number of amides is 1. The van der Waals surface area contributed by atoms with Gasteiger partial charge in [0.15, 0.2) is 0 Å². The van der Waals surface area contributed by atoms with Crippen LogP contribution < -0.4 is 0 Å². The van der Waals surface area contributed by atoms with E-state index in [1.807, 2.05) is 19.3 Å². The number of carbonyl (C=O) groups is 1. The van der Waals surface area contributed by atoms with Crippen LogP contribution in [0.25, 0.3) is 0 Å². The molecule has 5 nitrogen and oxygen atoms in total. The molecule has 3 rings (SSSR count). The van der Waals surface area contributed by atoms with Crippen LogP contribution >= 0.6 is 0 Å². The lowest BCUT2D eigenvalue weighted by Gasteiger charge is -2.27. The maximum absolute atomic E-state index is 12.6. The maximum Gasteiger partial charge on any atom is 0.223 e. The number of hydrogen-bond acceptors (Lipinski definition) is 3. The van der Waals surface area contributed by atoms with Crippen molar-refractivity contribution >= 4 is 5.91 Å². The number of carbonyl (C=O) groups excluding carboxylic acids is 1. The normalized spacial score (nSPS) is 23.5. The molecular formula is C16H25N3O2. The Balaban J connectivity index is 1.61. The highest BCUT2D eigenvalue weighted by Gasteiger charge is 2.46. The minimum absolute atomic E-state index is 0.143. The third-order valence-electron chi connectivity index (χ3n) is 4.96. The van der Waals surface area contributed by atoms with Gasteiger partial charge in [0.1, 0.15) is 5.82 Å². The molecule has 21 heavy (non-hydrogen) atoms. The fourth-order valence-corrected chi connectivity index (χ4v) is 3.46. The average molecular weight is 291 g/mol. The molecule has 0 aromatic carbocycles. The number of ether oxygens (including phenoxy) is 1. The number of aromatic nitrogens is 2. The highest BCUT2D eigenvalue weighted by atomic mass is 16.5. The van der Waals surface area contributed by atoms with Crippen LogP contribution in [0.4, 0.5) is 0 Å². The van der Waals surface area contributed by atoms with Crippen molar-refractivity contribution in [2.45, 2.75) is 51.6 Å². The monoisotopic (exact) mass is 291 g/mol. The summed E-state index contributed by atoms with van der Waals surface area (Å²) < 4.78 is 7.43. The number of rotatable bonds is 6. The molecule has 0 spiro atoms. The van der Waals surface area contributed by atoms with Crippen LogP contribution in [-0.2, 0) is 16.1 Å². The number of nitrogens with zero attached hydrogens (tertiary/aromatic N) is 3. The van der Waals surface area contributed by atoms with E-state index in [1.54, 1.807) is 7.11 Å². The summed E-state index contributed by atoms with van der Waals surface area (Å²) >= 11 is 0. The topological polar surface area (TPSA) is 47.4 Å². The van der Waals surface area contributed by atoms with Gasteiger partial charge in [0.05, 0.1) is 6.61 Å². The summed E-state index contributed by atoms with van der Waals surface area (Å²) in [6, 6.07) is 0.323. The van der Waals surface area contributed by atoms with E-state index in [0.29, 0.717) is 18.4 Å². The molecule has 1 unspecified atom stereocenters. The SMILES string of the molecule is COCC1(CC(=O)N2CCCC2Cn2ccnc2C)CC1. The van der Waals surface area contributed by atoms with E-state index in [0.717, 1.165) is 51.2 Å². The molecule has 2 fully saturated rings. The number of imidazole rings is 1. The first kappa shape index (κ1) is 14.6. The fraction of sp³-hybridized carbons (Fsp3) is 0.750. The Labute approximate surface area is 126 Å². The van der Waals surface area contributed by atoms with Crippen LogP contribution in [0.3, 0.4) is 0 Å². The van der Waals surface area contributed by atoms with Crippen molar-refractivity contribution in [2.24, 2.45) is 5.41 Å². The Kier molecular flexibility index (Phi) is 4.02. The molecule has 1 aliphatic carbocycles. The lowest BCUT2D eigenvalue weighted by atomic mass is 10.0. The molecule has 1 aromatic heterocycles. The second-order valence-corrected chi connectivity index (χ2v) is 6.62.